The molecule has 7 N–H and O–H groups in total. The van der Waals surface area contributed by atoms with Crippen molar-refractivity contribution in [1.82, 2.24) is 0 Å². The van der Waals surface area contributed by atoms with Crippen LogP contribution in [0.1, 0.15) is 86.7 Å². The molecule has 0 amide bonds. The van der Waals surface area contributed by atoms with Gasteiger partial charge in [-0.25, -0.2) is 14.4 Å². The number of hydrogen-bond acceptors (Lipinski definition) is 10. The Kier molecular flexibility index (Phi) is 37.1. The van der Waals surface area contributed by atoms with Crippen molar-refractivity contribution in [2.24, 2.45) is 0 Å². The Hall–Kier alpha value is -6.86. The second-order valence-electron chi connectivity index (χ2n) is 15.2. The largest absolute Gasteiger partial charge is 1.00 e. The van der Waals surface area contributed by atoms with E-state index >= 15 is 0 Å². The number of halogens is 4. The molecule has 0 aliphatic carbocycles. The van der Waals surface area contributed by atoms with Crippen molar-refractivity contribution >= 4 is 91.0 Å². The summed E-state index contributed by atoms with van der Waals surface area (Å²) in [6.45, 7) is 7.58. The maximum absolute atomic E-state index is 11.4. The maximum atomic E-state index is 11.4. The fourth-order valence-corrected chi connectivity index (χ4v) is 6.44. The third-order valence-electron chi connectivity index (χ3n) is 9.70. The van der Waals surface area contributed by atoms with Crippen molar-refractivity contribution in [3.63, 3.8) is 0 Å². The van der Waals surface area contributed by atoms with Crippen molar-refractivity contribution in [2.45, 2.75) is 27.7 Å². The molecule has 0 saturated heterocycles. The molecule has 0 saturated carbocycles. The number of aromatic carboxylic acids is 1. The SMILES string of the molecule is BrB(Br)Br.C#Cc1ccc(O)cc1C.C#Cc1ccc(OC)cc1C.COC(=O)c1cccc(C#Cc2ccc(O)cc2C)c1.COC(=O)c1cccc(I)c1.Cc1cc(O)ccc1C#Cc1cccc(C(=O)O)c1.O.[Li+].[OH-]. The average Bonchev–Trinajstić information content (AvgIpc) is 3.38. The van der Waals surface area contributed by atoms with Crippen LogP contribution in [0.25, 0.3) is 0 Å². The Balaban J connectivity index is 0. The fourth-order valence-electron chi connectivity index (χ4n) is 5.90. The number of hydrogen-bond donors (Lipinski definition) is 4. The van der Waals surface area contributed by atoms with Gasteiger partial charge >= 0.3 is 40.0 Å². The Morgan fingerprint density at radius 3 is 1.21 bits per heavy atom. The van der Waals surface area contributed by atoms with Gasteiger partial charge in [-0.1, -0.05) is 53.7 Å². The van der Waals surface area contributed by atoms with E-state index in [4.69, 9.17) is 27.8 Å². The first-order valence-corrected chi connectivity index (χ1v) is 25.8. The number of aromatic hydroxyl groups is 3. The minimum atomic E-state index is -0.968. The number of aryl methyl sites for hydroxylation is 4. The van der Waals surface area contributed by atoms with Crippen LogP contribution >= 0.6 is 69.9 Å². The first-order chi connectivity index (χ1) is 35.6. The molecular formula is C60H54BBr3ILiO12. The molecule has 0 radical (unpaired) electrons. The van der Waals surface area contributed by atoms with E-state index in [0.717, 1.165) is 59.4 Å². The summed E-state index contributed by atoms with van der Waals surface area (Å²) in [6.07, 6.45) is 10.4. The summed E-state index contributed by atoms with van der Waals surface area (Å²) in [5, 5.41) is 36.5. The predicted molar refractivity (Wildman–Crippen MR) is 324 cm³/mol. The van der Waals surface area contributed by atoms with E-state index in [0.29, 0.717) is 16.7 Å². The number of phenolic OH excluding ortho intramolecular Hbond substituents is 3. The topological polar surface area (TPSA) is 221 Å². The van der Waals surface area contributed by atoms with E-state index in [9.17, 15) is 24.6 Å². The van der Waals surface area contributed by atoms with Gasteiger partial charge < -0.3 is 45.6 Å². The molecule has 0 atom stereocenters. The molecule has 0 aromatic heterocycles. The summed E-state index contributed by atoms with van der Waals surface area (Å²) in [5.41, 5.74) is 9.86. The summed E-state index contributed by atoms with van der Waals surface area (Å²) >= 11 is 11.5. The third kappa shape index (κ3) is 28.0. The Morgan fingerprint density at radius 1 is 0.513 bits per heavy atom. The summed E-state index contributed by atoms with van der Waals surface area (Å²) < 4.78 is 15.6. The van der Waals surface area contributed by atoms with Gasteiger partial charge in [-0.3, -0.25) is 0 Å². The van der Waals surface area contributed by atoms with Gasteiger partial charge in [0.1, 0.15) is 23.0 Å². The first-order valence-electron chi connectivity index (χ1n) is 21.9. The van der Waals surface area contributed by atoms with Gasteiger partial charge in [-0.15, -0.1) is 60.1 Å². The molecule has 18 heteroatoms. The number of carboxylic acids is 1. The number of terminal acetylenes is 2. The Morgan fingerprint density at radius 2 is 0.859 bits per heavy atom. The van der Waals surface area contributed by atoms with Crippen LogP contribution in [-0.2, 0) is 9.47 Å². The van der Waals surface area contributed by atoms with E-state index in [2.05, 4.69) is 115 Å². The van der Waals surface area contributed by atoms with Crippen LogP contribution < -0.4 is 23.6 Å². The first kappa shape index (κ1) is 73.2. The van der Waals surface area contributed by atoms with Gasteiger partial charge in [0.05, 0.1) is 38.0 Å². The maximum Gasteiger partial charge on any atom is 1.00 e. The van der Waals surface area contributed by atoms with E-state index < -0.39 is 5.97 Å². The molecule has 0 spiro atoms. The molecule has 78 heavy (non-hydrogen) atoms. The van der Waals surface area contributed by atoms with Gasteiger partial charge in [0, 0.05) is 37.0 Å². The molecule has 0 bridgehead atoms. The molecule has 0 aliphatic rings. The third-order valence-corrected chi connectivity index (χ3v) is 10.4. The van der Waals surface area contributed by atoms with Crippen LogP contribution in [-0.4, -0.2) is 73.8 Å². The number of esters is 2. The number of carbonyl (C=O) groups excluding carboxylic acids is 2. The Bertz CT molecular complexity index is 3300. The second-order valence-corrected chi connectivity index (χ2v) is 22.9. The molecule has 0 aliphatic heterocycles. The average molecular weight is 1350 g/mol. The molecule has 7 rings (SSSR count). The standard InChI is InChI=1S/C17H14O3.C16H12O3.C10H10O.C9H8O.C8H7IO2.BBr3.Li.2H2O/c1-12-10-16(18)9-8-14(12)7-6-13-4-3-5-15(11-13)17(19)20-2;1-11-9-15(17)8-7-13(11)6-5-12-3-2-4-14(10-12)16(18)19;1-4-9-5-6-10(11-3)7-8(9)2;1-3-8-4-5-9(10)6-7(8)2;1-11-8(10)6-3-2-4-7(9)5-6;2-1(3)4;;;/h3-5,8-11,18H,1-2H3;2-4,7-10,17H,1H3,(H,18,19);1,5-7H,2-3H3;1,4-6,10H,2H3;2-5H,1H3;;;2*1H2/q;;;;;;+1;;/p-1. The van der Waals surface area contributed by atoms with Crippen molar-refractivity contribution in [3.8, 4) is 71.4 Å². The number of phenols is 3. The van der Waals surface area contributed by atoms with Crippen molar-refractivity contribution < 1.29 is 78.8 Å². The molecule has 0 heterocycles. The van der Waals surface area contributed by atoms with Crippen LogP contribution in [0.5, 0.6) is 23.0 Å². The quantitative estimate of drug-likeness (QED) is 0.0562. The fraction of sp³-hybridized carbons (Fsp3) is 0.117. The van der Waals surface area contributed by atoms with Gasteiger partial charge in [0.15, 0.2) is 0 Å². The predicted octanol–water partition coefficient (Wildman–Crippen LogP) is 9.59. The van der Waals surface area contributed by atoms with Crippen LogP contribution in [0.4, 0.5) is 0 Å². The zero-order chi connectivity index (χ0) is 56.0. The zero-order valence-electron chi connectivity index (χ0n) is 43.8. The van der Waals surface area contributed by atoms with Crippen LogP contribution in [0, 0.1) is 79.6 Å². The molecule has 7 aromatic rings. The van der Waals surface area contributed by atoms with Crippen LogP contribution in [0.15, 0.2) is 146 Å². The number of carboxylic acid groups (broad SMARTS) is 1. The zero-order valence-corrected chi connectivity index (χ0v) is 50.7. The van der Waals surface area contributed by atoms with Crippen molar-refractivity contribution in [2.75, 3.05) is 21.3 Å². The number of benzene rings is 7. The second kappa shape index (κ2) is 39.5. The Labute approximate surface area is 507 Å². The normalized spacial score (nSPS) is 8.78. The van der Waals surface area contributed by atoms with Crippen molar-refractivity contribution in [3.05, 3.63) is 221 Å². The van der Waals surface area contributed by atoms with Gasteiger partial charge in [-0.05, 0) is 200 Å². The molecule has 398 valence electrons. The van der Waals surface area contributed by atoms with E-state index in [-0.39, 0.29) is 67.7 Å². The molecule has 7 aromatic carbocycles. The number of rotatable bonds is 4. The number of methoxy groups -OCH3 is 3. The van der Waals surface area contributed by atoms with E-state index in [1.807, 2.05) is 64.1 Å². The van der Waals surface area contributed by atoms with Gasteiger partial charge in [0.2, 0.25) is 0 Å². The van der Waals surface area contributed by atoms with E-state index in [1.54, 1.807) is 104 Å². The minimum Gasteiger partial charge on any atom is -0.870 e. The summed E-state index contributed by atoms with van der Waals surface area (Å²) in [7, 11) is 4.37. The summed E-state index contributed by atoms with van der Waals surface area (Å²) in [4.78, 5) is 33.2. The number of carbonyl (C=O) groups is 3. The smallest absolute Gasteiger partial charge is 0.870 e. The molecular weight excluding hydrogens is 1300 g/mol. The summed E-state index contributed by atoms with van der Waals surface area (Å²) in [6, 6.07) is 41.3. The van der Waals surface area contributed by atoms with Crippen molar-refractivity contribution in [1.29, 1.82) is 0 Å². The summed E-state index contributed by atoms with van der Waals surface area (Å²) in [5.74, 6) is 16.9. The van der Waals surface area contributed by atoms with E-state index in [1.165, 1.54) is 26.4 Å². The van der Waals surface area contributed by atoms with Crippen LogP contribution in [0.2, 0.25) is 0 Å². The minimum absolute atomic E-state index is 0. The van der Waals surface area contributed by atoms with Crippen LogP contribution in [0.3, 0.4) is 0 Å². The molecule has 12 nitrogen and oxygen atoms in total. The molecule has 0 fully saturated rings. The molecule has 0 unspecified atom stereocenters. The number of ether oxygens (including phenoxy) is 3. The van der Waals surface area contributed by atoms with Gasteiger partial charge in [0.25, 0.3) is 0 Å². The van der Waals surface area contributed by atoms with Gasteiger partial charge in [-0.2, -0.15) is 0 Å². The monoisotopic (exact) mass is 1350 g/mol.